The van der Waals surface area contributed by atoms with Crippen LogP contribution in [0.5, 0.6) is 0 Å². The van der Waals surface area contributed by atoms with Gasteiger partial charge in [-0.3, -0.25) is 4.79 Å². The van der Waals surface area contributed by atoms with Crippen LogP contribution in [-0.4, -0.2) is 52.1 Å². The Morgan fingerprint density at radius 1 is 0.970 bits per heavy atom. The van der Waals surface area contributed by atoms with Crippen LogP contribution in [0.3, 0.4) is 0 Å². The van der Waals surface area contributed by atoms with Gasteiger partial charge < -0.3 is 24.1 Å². The molecular weight excluding hydrogens is 420 g/mol. The van der Waals surface area contributed by atoms with Gasteiger partial charge >= 0.3 is 0 Å². The third kappa shape index (κ3) is 4.57. The number of rotatable bonds is 5. The highest BCUT2D eigenvalue weighted by molar-refractivity contribution is 5.93. The van der Waals surface area contributed by atoms with E-state index in [9.17, 15) is 4.79 Å². The third-order valence-electron chi connectivity index (χ3n) is 5.53. The van der Waals surface area contributed by atoms with Gasteiger partial charge in [0.2, 0.25) is 11.7 Å². The number of piperazine rings is 1. The maximum absolute atomic E-state index is 12.9. The van der Waals surface area contributed by atoms with Crippen LogP contribution < -0.4 is 10.2 Å². The molecule has 0 aliphatic carbocycles. The zero-order chi connectivity index (χ0) is 22.8. The Labute approximate surface area is 191 Å². The summed E-state index contributed by atoms with van der Waals surface area (Å²) in [5, 5.41) is 7.20. The molecule has 0 saturated carbocycles. The lowest BCUT2D eigenvalue weighted by Gasteiger charge is -2.35. The number of aryl methyl sites for hydroxylation is 2. The molecule has 1 aromatic carbocycles. The summed E-state index contributed by atoms with van der Waals surface area (Å²) in [5.74, 6) is 2.22. The maximum Gasteiger partial charge on any atom is 0.276 e. The highest BCUT2D eigenvalue weighted by atomic mass is 16.5. The molecule has 1 amide bonds. The van der Waals surface area contributed by atoms with E-state index in [4.69, 9.17) is 13.9 Å². The molecule has 0 atom stereocenters. The summed E-state index contributed by atoms with van der Waals surface area (Å²) in [4.78, 5) is 26.0. The van der Waals surface area contributed by atoms with E-state index in [2.05, 4.69) is 27.3 Å². The van der Waals surface area contributed by atoms with E-state index in [1.807, 2.05) is 37.3 Å². The van der Waals surface area contributed by atoms with E-state index in [0.29, 0.717) is 43.6 Å². The number of carbonyl (C=O) groups excluding carboxylic acids is 1. The lowest BCUT2D eigenvalue weighted by molar-refractivity contribution is 0.0736. The molecule has 168 valence electrons. The van der Waals surface area contributed by atoms with Gasteiger partial charge in [0.15, 0.2) is 11.5 Å². The molecule has 33 heavy (non-hydrogen) atoms. The zero-order valence-corrected chi connectivity index (χ0v) is 18.5. The standard InChI is InChI=1S/C24H24N6O3/c1-16-5-7-18(8-6-16)26-24-25-17(2)14-22(27-24)29-9-11-30(12-10-29)23(31)19-15-21(33-28-19)20-4-3-13-32-20/h3-8,13-15H,9-12H2,1-2H3,(H,25,26,27). The number of carbonyl (C=O) groups is 1. The molecule has 1 aliphatic rings. The van der Waals surface area contributed by atoms with Crippen molar-refractivity contribution in [1.82, 2.24) is 20.0 Å². The molecule has 3 aromatic heterocycles. The summed E-state index contributed by atoms with van der Waals surface area (Å²) < 4.78 is 10.6. The van der Waals surface area contributed by atoms with E-state index < -0.39 is 0 Å². The van der Waals surface area contributed by atoms with Crippen LogP contribution in [0.4, 0.5) is 17.5 Å². The summed E-state index contributed by atoms with van der Waals surface area (Å²) in [6.45, 7) is 6.45. The van der Waals surface area contributed by atoms with Crippen LogP contribution in [-0.2, 0) is 0 Å². The van der Waals surface area contributed by atoms with Crippen molar-refractivity contribution in [1.29, 1.82) is 0 Å². The van der Waals surface area contributed by atoms with Crippen molar-refractivity contribution < 1.29 is 13.7 Å². The SMILES string of the molecule is Cc1ccc(Nc2nc(C)cc(N3CCN(C(=O)c4cc(-c5ccco5)on4)CC3)n2)cc1. The molecule has 1 saturated heterocycles. The minimum Gasteiger partial charge on any atom is -0.461 e. The first-order valence-corrected chi connectivity index (χ1v) is 10.8. The first-order chi connectivity index (χ1) is 16.0. The predicted octanol–water partition coefficient (Wildman–Crippen LogP) is 4.05. The van der Waals surface area contributed by atoms with E-state index >= 15 is 0 Å². The van der Waals surface area contributed by atoms with Gasteiger partial charge in [-0.2, -0.15) is 4.98 Å². The van der Waals surface area contributed by atoms with Gasteiger partial charge in [0.25, 0.3) is 5.91 Å². The molecule has 1 N–H and O–H groups in total. The molecule has 9 nitrogen and oxygen atoms in total. The van der Waals surface area contributed by atoms with Crippen molar-refractivity contribution in [2.75, 3.05) is 36.4 Å². The number of furan rings is 1. The number of nitrogens with zero attached hydrogens (tertiary/aromatic N) is 5. The van der Waals surface area contributed by atoms with Crippen LogP contribution >= 0.6 is 0 Å². The second-order valence-electron chi connectivity index (χ2n) is 8.02. The van der Waals surface area contributed by atoms with Gasteiger partial charge in [0, 0.05) is 49.7 Å². The quantitative estimate of drug-likeness (QED) is 0.492. The van der Waals surface area contributed by atoms with Crippen LogP contribution in [0.1, 0.15) is 21.7 Å². The highest BCUT2D eigenvalue weighted by Crippen LogP contribution is 2.23. The fourth-order valence-electron chi connectivity index (χ4n) is 3.75. The van der Waals surface area contributed by atoms with Gasteiger partial charge in [-0.1, -0.05) is 22.9 Å². The maximum atomic E-state index is 12.9. The lowest BCUT2D eigenvalue weighted by atomic mass is 10.2. The summed E-state index contributed by atoms with van der Waals surface area (Å²) >= 11 is 0. The number of anilines is 3. The smallest absolute Gasteiger partial charge is 0.276 e. The Morgan fingerprint density at radius 3 is 2.48 bits per heavy atom. The Morgan fingerprint density at radius 2 is 1.76 bits per heavy atom. The third-order valence-corrected chi connectivity index (χ3v) is 5.53. The van der Waals surface area contributed by atoms with Gasteiger partial charge in [-0.25, -0.2) is 4.98 Å². The number of benzene rings is 1. The molecule has 1 fully saturated rings. The van der Waals surface area contributed by atoms with Gasteiger partial charge in [0.05, 0.1) is 6.26 Å². The molecular formula is C24H24N6O3. The largest absolute Gasteiger partial charge is 0.461 e. The Balaban J connectivity index is 1.24. The first kappa shape index (κ1) is 20.7. The Kier molecular flexibility index (Phi) is 5.52. The molecule has 0 bridgehead atoms. The van der Waals surface area contributed by atoms with Crippen molar-refractivity contribution in [3.8, 4) is 11.5 Å². The zero-order valence-electron chi connectivity index (χ0n) is 18.5. The topological polar surface area (TPSA) is 101 Å². The average Bonchev–Trinajstić information content (AvgIpc) is 3.52. The highest BCUT2D eigenvalue weighted by Gasteiger charge is 2.26. The van der Waals surface area contributed by atoms with Crippen molar-refractivity contribution in [2.24, 2.45) is 0 Å². The summed E-state index contributed by atoms with van der Waals surface area (Å²) in [7, 11) is 0. The molecule has 5 rings (SSSR count). The predicted molar refractivity (Wildman–Crippen MR) is 124 cm³/mol. The van der Waals surface area contributed by atoms with Crippen molar-refractivity contribution in [3.63, 3.8) is 0 Å². The fourth-order valence-corrected chi connectivity index (χ4v) is 3.75. The van der Waals surface area contributed by atoms with Crippen molar-refractivity contribution in [2.45, 2.75) is 13.8 Å². The molecule has 0 radical (unpaired) electrons. The number of hydrogen-bond acceptors (Lipinski definition) is 8. The van der Waals surface area contributed by atoms with Crippen LogP contribution in [0.25, 0.3) is 11.5 Å². The normalized spacial score (nSPS) is 13.9. The van der Waals surface area contributed by atoms with Crippen molar-refractivity contribution in [3.05, 3.63) is 71.7 Å². The fraction of sp³-hybridized carbons (Fsp3) is 0.250. The summed E-state index contributed by atoms with van der Waals surface area (Å²) in [6, 6.07) is 15.2. The van der Waals surface area contributed by atoms with Crippen LogP contribution in [0.15, 0.2) is 63.7 Å². The monoisotopic (exact) mass is 444 g/mol. The Hall–Kier alpha value is -4.14. The average molecular weight is 444 g/mol. The second-order valence-corrected chi connectivity index (χ2v) is 8.02. The van der Waals surface area contributed by atoms with Gasteiger partial charge in [-0.05, 0) is 38.1 Å². The minimum atomic E-state index is -0.156. The number of aromatic nitrogens is 3. The first-order valence-electron chi connectivity index (χ1n) is 10.8. The van der Waals surface area contributed by atoms with Crippen LogP contribution in [0.2, 0.25) is 0 Å². The summed E-state index contributed by atoms with van der Waals surface area (Å²) in [6.07, 6.45) is 1.55. The summed E-state index contributed by atoms with van der Waals surface area (Å²) in [5.41, 5.74) is 3.29. The van der Waals surface area contributed by atoms with E-state index in [0.717, 1.165) is 17.2 Å². The Bertz CT molecular complexity index is 1240. The molecule has 4 heterocycles. The minimum absolute atomic E-state index is 0.156. The van der Waals surface area contributed by atoms with E-state index in [1.54, 1.807) is 29.4 Å². The molecule has 9 heteroatoms. The number of nitrogens with one attached hydrogen (secondary N) is 1. The lowest BCUT2D eigenvalue weighted by Crippen LogP contribution is -2.49. The molecule has 1 aliphatic heterocycles. The number of amides is 1. The molecule has 4 aromatic rings. The second kappa shape index (κ2) is 8.78. The van der Waals surface area contributed by atoms with Crippen LogP contribution in [0, 0.1) is 13.8 Å². The number of hydrogen-bond donors (Lipinski definition) is 1. The van der Waals surface area contributed by atoms with E-state index in [-0.39, 0.29) is 11.6 Å². The molecule has 0 spiro atoms. The van der Waals surface area contributed by atoms with Gasteiger partial charge in [-0.15, -0.1) is 0 Å². The van der Waals surface area contributed by atoms with Gasteiger partial charge in [0.1, 0.15) is 5.82 Å². The van der Waals surface area contributed by atoms with E-state index in [1.165, 1.54) is 5.56 Å². The molecule has 0 unspecified atom stereocenters. The van der Waals surface area contributed by atoms with Crippen molar-refractivity contribution >= 4 is 23.4 Å².